The van der Waals surface area contributed by atoms with Crippen LogP contribution in [-0.4, -0.2) is 56.2 Å². The largest absolute Gasteiger partial charge is 0.366 e. The number of carbonyl (C=O) groups excluding carboxylic acids is 1. The molecule has 2 aliphatic heterocycles. The van der Waals surface area contributed by atoms with E-state index < -0.39 is 0 Å². The Balaban J connectivity index is 0.00000132. The van der Waals surface area contributed by atoms with Gasteiger partial charge in [-0.1, -0.05) is 23.7 Å². The predicted molar refractivity (Wildman–Crippen MR) is 95.9 cm³/mol. The fraction of sp³-hybridized carbons (Fsp3) is 0.533. The molecule has 1 aromatic rings. The van der Waals surface area contributed by atoms with Crippen molar-refractivity contribution in [3.63, 3.8) is 0 Å². The van der Waals surface area contributed by atoms with Crippen molar-refractivity contribution in [2.45, 2.75) is 12.1 Å². The topological polar surface area (TPSA) is 53.6 Å². The van der Waals surface area contributed by atoms with Crippen molar-refractivity contribution in [1.82, 2.24) is 15.5 Å². The Morgan fingerprint density at radius 1 is 1.26 bits per heavy atom. The molecule has 0 radical (unpaired) electrons. The summed E-state index contributed by atoms with van der Waals surface area (Å²) in [5, 5.41) is 7.16. The van der Waals surface area contributed by atoms with Gasteiger partial charge in [0.05, 0.1) is 12.1 Å². The van der Waals surface area contributed by atoms with Gasteiger partial charge in [-0.3, -0.25) is 4.79 Å². The van der Waals surface area contributed by atoms with E-state index in [1.807, 2.05) is 29.2 Å². The highest BCUT2D eigenvalue weighted by atomic mass is 35.5. The molecule has 2 aliphatic rings. The van der Waals surface area contributed by atoms with Gasteiger partial charge in [0, 0.05) is 37.7 Å². The lowest BCUT2D eigenvalue weighted by Gasteiger charge is -2.37. The monoisotopic (exact) mass is 381 g/mol. The number of rotatable bonds is 4. The molecule has 3 rings (SSSR count). The zero-order valence-electron chi connectivity index (χ0n) is 12.7. The van der Waals surface area contributed by atoms with Gasteiger partial charge in [0.1, 0.15) is 6.61 Å². The number of hydrogen-bond acceptors (Lipinski definition) is 4. The molecule has 0 aromatic heterocycles. The number of hydrogen-bond donors (Lipinski definition) is 2. The molecular weight excluding hydrogens is 361 g/mol. The summed E-state index contributed by atoms with van der Waals surface area (Å²) in [6.45, 7) is 4.09. The molecule has 5 nitrogen and oxygen atoms in total. The van der Waals surface area contributed by atoms with E-state index in [0.717, 1.165) is 31.7 Å². The van der Waals surface area contributed by atoms with E-state index in [1.54, 1.807) is 0 Å². The summed E-state index contributed by atoms with van der Waals surface area (Å²) in [5.41, 5.74) is 1.06. The molecule has 8 heteroatoms. The SMILES string of the molecule is Cl.Cl.O=C(COC1CNC1)N1CCNCC1c1cccc(Cl)c1. The lowest BCUT2D eigenvalue weighted by atomic mass is 10.0. The Morgan fingerprint density at radius 3 is 2.70 bits per heavy atom. The normalized spacial score (nSPS) is 20.9. The highest BCUT2D eigenvalue weighted by Gasteiger charge is 2.29. The minimum Gasteiger partial charge on any atom is -0.366 e. The van der Waals surface area contributed by atoms with E-state index >= 15 is 0 Å². The summed E-state index contributed by atoms with van der Waals surface area (Å²) in [4.78, 5) is 14.3. The van der Waals surface area contributed by atoms with Crippen LogP contribution in [0.3, 0.4) is 0 Å². The van der Waals surface area contributed by atoms with E-state index in [0.29, 0.717) is 11.6 Å². The molecule has 2 N–H and O–H groups in total. The molecular formula is C15H22Cl3N3O2. The highest BCUT2D eigenvalue weighted by molar-refractivity contribution is 6.30. The van der Waals surface area contributed by atoms with Gasteiger partial charge in [0.15, 0.2) is 0 Å². The third kappa shape index (κ3) is 5.21. The van der Waals surface area contributed by atoms with Crippen molar-refractivity contribution in [2.24, 2.45) is 0 Å². The van der Waals surface area contributed by atoms with Crippen LogP contribution in [0, 0.1) is 0 Å². The van der Waals surface area contributed by atoms with Crippen LogP contribution >= 0.6 is 36.4 Å². The van der Waals surface area contributed by atoms with Gasteiger partial charge in [-0.15, -0.1) is 24.8 Å². The molecule has 23 heavy (non-hydrogen) atoms. The third-order valence-electron chi connectivity index (χ3n) is 3.98. The van der Waals surface area contributed by atoms with Gasteiger partial charge < -0.3 is 20.3 Å². The molecule has 1 atom stereocenters. The smallest absolute Gasteiger partial charge is 0.249 e. The first-order valence-electron chi connectivity index (χ1n) is 7.32. The molecule has 2 heterocycles. The summed E-state index contributed by atoms with van der Waals surface area (Å²) in [5.74, 6) is 0.0494. The Hall–Kier alpha value is -0.560. The van der Waals surface area contributed by atoms with Crippen molar-refractivity contribution >= 4 is 42.3 Å². The van der Waals surface area contributed by atoms with Gasteiger partial charge in [-0.25, -0.2) is 0 Å². The molecule has 1 unspecified atom stereocenters. The Kier molecular flexibility index (Phi) is 8.61. The first-order valence-corrected chi connectivity index (χ1v) is 7.70. The molecule has 0 saturated carbocycles. The Labute approximate surface area is 153 Å². The van der Waals surface area contributed by atoms with E-state index in [1.165, 1.54) is 0 Å². The maximum absolute atomic E-state index is 12.4. The van der Waals surface area contributed by atoms with Crippen molar-refractivity contribution in [1.29, 1.82) is 0 Å². The number of halogens is 3. The number of benzene rings is 1. The number of amides is 1. The van der Waals surface area contributed by atoms with Crippen LogP contribution in [-0.2, 0) is 9.53 Å². The van der Waals surface area contributed by atoms with E-state index in [-0.39, 0.29) is 49.5 Å². The fourth-order valence-electron chi connectivity index (χ4n) is 2.67. The third-order valence-corrected chi connectivity index (χ3v) is 4.22. The second-order valence-corrected chi connectivity index (χ2v) is 5.89. The van der Waals surface area contributed by atoms with Crippen LogP contribution < -0.4 is 10.6 Å². The van der Waals surface area contributed by atoms with Gasteiger partial charge >= 0.3 is 0 Å². The fourth-order valence-corrected chi connectivity index (χ4v) is 2.87. The highest BCUT2D eigenvalue weighted by Crippen LogP contribution is 2.24. The quantitative estimate of drug-likeness (QED) is 0.831. The zero-order chi connectivity index (χ0) is 14.7. The first kappa shape index (κ1) is 20.5. The maximum atomic E-state index is 12.4. The molecule has 1 aromatic carbocycles. The van der Waals surface area contributed by atoms with Crippen molar-refractivity contribution in [3.8, 4) is 0 Å². The minimum atomic E-state index is 0. The first-order chi connectivity index (χ1) is 10.2. The summed E-state index contributed by atoms with van der Waals surface area (Å²) >= 11 is 6.06. The van der Waals surface area contributed by atoms with Crippen molar-refractivity contribution < 1.29 is 9.53 Å². The summed E-state index contributed by atoms with van der Waals surface area (Å²) in [6, 6.07) is 7.73. The van der Waals surface area contributed by atoms with Gasteiger partial charge in [0.25, 0.3) is 0 Å². The second kappa shape index (κ2) is 9.67. The van der Waals surface area contributed by atoms with Gasteiger partial charge in [-0.2, -0.15) is 0 Å². The van der Waals surface area contributed by atoms with Crippen molar-refractivity contribution in [3.05, 3.63) is 34.9 Å². The molecule has 0 aliphatic carbocycles. The lowest BCUT2D eigenvalue weighted by Crippen LogP contribution is -2.52. The Bertz CT molecular complexity index is 514. The van der Waals surface area contributed by atoms with Crippen LogP contribution in [0.2, 0.25) is 5.02 Å². The van der Waals surface area contributed by atoms with Gasteiger partial charge in [0.2, 0.25) is 5.91 Å². The average molecular weight is 383 g/mol. The molecule has 130 valence electrons. The van der Waals surface area contributed by atoms with Gasteiger partial charge in [-0.05, 0) is 17.7 Å². The molecule has 0 bridgehead atoms. The molecule has 1 amide bonds. The molecule has 0 spiro atoms. The van der Waals surface area contributed by atoms with E-state index in [9.17, 15) is 4.79 Å². The average Bonchev–Trinajstić information content (AvgIpc) is 2.45. The number of piperazine rings is 1. The van der Waals surface area contributed by atoms with E-state index in [2.05, 4.69) is 10.6 Å². The summed E-state index contributed by atoms with van der Waals surface area (Å²) in [6.07, 6.45) is 0.182. The molecule has 2 fully saturated rings. The van der Waals surface area contributed by atoms with E-state index in [4.69, 9.17) is 16.3 Å². The van der Waals surface area contributed by atoms with Crippen LogP contribution in [0.1, 0.15) is 11.6 Å². The number of ether oxygens (including phenoxy) is 1. The van der Waals surface area contributed by atoms with Crippen LogP contribution in [0.5, 0.6) is 0 Å². The molecule has 2 saturated heterocycles. The number of nitrogens with one attached hydrogen (secondary N) is 2. The van der Waals surface area contributed by atoms with Crippen LogP contribution in [0.4, 0.5) is 0 Å². The second-order valence-electron chi connectivity index (χ2n) is 5.45. The predicted octanol–water partition coefficient (Wildman–Crippen LogP) is 1.64. The zero-order valence-corrected chi connectivity index (χ0v) is 15.1. The number of carbonyl (C=O) groups is 1. The maximum Gasteiger partial charge on any atom is 0.249 e. The minimum absolute atomic E-state index is 0. The lowest BCUT2D eigenvalue weighted by molar-refractivity contribution is -0.142. The van der Waals surface area contributed by atoms with Crippen LogP contribution in [0.25, 0.3) is 0 Å². The van der Waals surface area contributed by atoms with Crippen LogP contribution in [0.15, 0.2) is 24.3 Å². The van der Waals surface area contributed by atoms with Crippen molar-refractivity contribution in [2.75, 3.05) is 39.3 Å². The Morgan fingerprint density at radius 2 is 2.04 bits per heavy atom. The summed E-state index contributed by atoms with van der Waals surface area (Å²) in [7, 11) is 0. The number of nitrogens with zero attached hydrogens (tertiary/aromatic N) is 1. The standard InChI is InChI=1S/C15H20ClN3O2.2ClH/c16-12-3-1-2-11(6-12)14-9-17-4-5-19(14)15(20)10-21-13-7-18-8-13;;/h1-3,6,13-14,17-18H,4-5,7-10H2;2*1H. The summed E-state index contributed by atoms with van der Waals surface area (Å²) < 4.78 is 5.60.